The van der Waals surface area contributed by atoms with Crippen molar-refractivity contribution in [3.63, 3.8) is 0 Å². The SMILES string of the molecule is Cc1cc(=O)oc2c1ccc1oc(C(=O)c3ccc4c(c3)OCO4)c(-c3ccccc3)c12. The summed E-state index contributed by atoms with van der Waals surface area (Å²) in [5, 5.41) is 1.38. The number of carbonyl (C=O) groups excluding carboxylic acids is 1. The summed E-state index contributed by atoms with van der Waals surface area (Å²) in [4.78, 5) is 25.8. The molecule has 1 aliphatic rings. The third kappa shape index (κ3) is 2.73. The molecule has 0 bridgehead atoms. The molecule has 0 amide bonds. The zero-order valence-corrected chi connectivity index (χ0v) is 17.0. The zero-order valence-electron chi connectivity index (χ0n) is 17.0. The van der Waals surface area contributed by atoms with Crippen LogP contribution in [-0.2, 0) is 0 Å². The van der Waals surface area contributed by atoms with Crippen LogP contribution in [0, 0.1) is 6.92 Å². The molecule has 6 heteroatoms. The third-order valence-corrected chi connectivity index (χ3v) is 5.67. The predicted octanol–water partition coefficient (Wildman–Crippen LogP) is 5.47. The van der Waals surface area contributed by atoms with Gasteiger partial charge in [0.15, 0.2) is 17.3 Å². The van der Waals surface area contributed by atoms with E-state index in [0.29, 0.717) is 39.2 Å². The number of furan rings is 1. The highest BCUT2D eigenvalue weighted by Crippen LogP contribution is 2.41. The Balaban J connectivity index is 1.67. The minimum absolute atomic E-state index is 0.122. The standard InChI is InChI=1S/C26H16O6/c1-14-11-21(27)32-25-17(14)8-10-19-23(25)22(15-5-3-2-4-6-15)26(31-19)24(28)16-7-9-18-20(12-16)30-13-29-18/h2-12H,13H2,1H3. The minimum Gasteiger partial charge on any atom is -0.454 e. The van der Waals surface area contributed by atoms with Gasteiger partial charge in [0, 0.05) is 22.6 Å². The molecule has 0 spiro atoms. The highest BCUT2D eigenvalue weighted by atomic mass is 16.7. The molecular weight excluding hydrogens is 408 g/mol. The topological polar surface area (TPSA) is 78.9 Å². The molecule has 0 atom stereocenters. The normalized spacial score (nSPS) is 12.5. The van der Waals surface area contributed by atoms with E-state index < -0.39 is 5.63 Å². The number of carbonyl (C=O) groups is 1. The van der Waals surface area contributed by atoms with Crippen LogP contribution in [0.25, 0.3) is 33.1 Å². The lowest BCUT2D eigenvalue weighted by Gasteiger charge is -2.06. The van der Waals surface area contributed by atoms with Crippen LogP contribution in [0.5, 0.6) is 11.5 Å². The zero-order chi connectivity index (χ0) is 21.8. The van der Waals surface area contributed by atoms with Gasteiger partial charge in [-0.3, -0.25) is 4.79 Å². The molecule has 3 aromatic carbocycles. The van der Waals surface area contributed by atoms with Crippen molar-refractivity contribution in [2.45, 2.75) is 6.92 Å². The molecule has 0 saturated carbocycles. The lowest BCUT2D eigenvalue weighted by atomic mass is 9.96. The molecule has 5 aromatic rings. The van der Waals surface area contributed by atoms with Crippen molar-refractivity contribution >= 4 is 27.7 Å². The van der Waals surface area contributed by atoms with E-state index in [1.165, 1.54) is 6.07 Å². The molecule has 156 valence electrons. The second-order valence-electron chi connectivity index (χ2n) is 7.63. The first-order valence-electron chi connectivity index (χ1n) is 10.1. The van der Waals surface area contributed by atoms with Crippen molar-refractivity contribution in [1.29, 1.82) is 0 Å². The number of ether oxygens (including phenoxy) is 2. The van der Waals surface area contributed by atoms with Gasteiger partial charge in [0.05, 0.1) is 5.39 Å². The van der Waals surface area contributed by atoms with Crippen molar-refractivity contribution in [1.82, 2.24) is 0 Å². The van der Waals surface area contributed by atoms with E-state index in [0.717, 1.165) is 16.5 Å². The van der Waals surface area contributed by atoms with Gasteiger partial charge in [-0.25, -0.2) is 4.79 Å². The van der Waals surface area contributed by atoms with Gasteiger partial charge < -0.3 is 18.3 Å². The summed E-state index contributed by atoms with van der Waals surface area (Å²) in [6.45, 7) is 1.98. The Labute approximate surface area is 181 Å². The van der Waals surface area contributed by atoms with Crippen LogP contribution in [0.3, 0.4) is 0 Å². The summed E-state index contributed by atoms with van der Waals surface area (Å²) >= 11 is 0. The molecule has 1 aliphatic heterocycles. The molecule has 2 aromatic heterocycles. The molecule has 0 unspecified atom stereocenters. The maximum absolute atomic E-state index is 13.6. The van der Waals surface area contributed by atoms with Gasteiger partial charge >= 0.3 is 5.63 Å². The van der Waals surface area contributed by atoms with Gasteiger partial charge in [-0.05, 0) is 48.4 Å². The molecule has 0 saturated heterocycles. The van der Waals surface area contributed by atoms with E-state index >= 15 is 0 Å². The molecule has 0 N–H and O–H groups in total. The summed E-state index contributed by atoms with van der Waals surface area (Å²) in [5.41, 5.74) is 2.99. The fourth-order valence-corrected chi connectivity index (χ4v) is 4.17. The molecule has 32 heavy (non-hydrogen) atoms. The first-order chi connectivity index (χ1) is 15.6. The number of benzene rings is 3. The van der Waals surface area contributed by atoms with E-state index in [-0.39, 0.29) is 18.3 Å². The van der Waals surface area contributed by atoms with Crippen LogP contribution < -0.4 is 15.1 Å². The van der Waals surface area contributed by atoms with Crippen LogP contribution in [0.2, 0.25) is 0 Å². The molecule has 0 radical (unpaired) electrons. The third-order valence-electron chi connectivity index (χ3n) is 5.67. The van der Waals surface area contributed by atoms with Crippen molar-refractivity contribution in [3.8, 4) is 22.6 Å². The number of aryl methyl sites for hydroxylation is 1. The fourth-order valence-electron chi connectivity index (χ4n) is 4.17. The van der Waals surface area contributed by atoms with E-state index in [2.05, 4.69) is 0 Å². The Hall–Kier alpha value is -4.32. The van der Waals surface area contributed by atoms with Gasteiger partial charge in [-0.1, -0.05) is 30.3 Å². The Morgan fingerprint density at radius 1 is 0.875 bits per heavy atom. The molecule has 6 nitrogen and oxygen atoms in total. The van der Waals surface area contributed by atoms with Crippen molar-refractivity contribution in [2.75, 3.05) is 6.79 Å². The average molecular weight is 424 g/mol. The maximum atomic E-state index is 13.6. The number of hydrogen-bond acceptors (Lipinski definition) is 6. The molecule has 6 rings (SSSR count). The van der Waals surface area contributed by atoms with Crippen LogP contribution in [0.1, 0.15) is 21.7 Å². The van der Waals surface area contributed by atoms with E-state index in [1.54, 1.807) is 24.3 Å². The lowest BCUT2D eigenvalue weighted by molar-refractivity contribution is 0.101. The van der Waals surface area contributed by atoms with Crippen LogP contribution >= 0.6 is 0 Å². The van der Waals surface area contributed by atoms with Crippen LogP contribution in [0.4, 0.5) is 0 Å². The molecule has 0 fully saturated rings. The number of ketones is 1. The van der Waals surface area contributed by atoms with Crippen LogP contribution in [0.15, 0.2) is 80.4 Å². The predicted molar refractivity (Wildman–Crippen MR) is 118 cm³/mol. The van der Waals surface area contributed by atoms with Crippen LogP contribution in [-0.4, -0.2) is 12.6 Å². The largest absolute Gasteiger partial charge is 0.454 e. The smallest absolute Gasteiger partial charge is 0.336 e. The summed E-state index contributed by atoms with van der Waals surface area (Å²) in [5.74, 6) is 0.973. The molecule has 3 heterocycles. The summed E-state index contributed by atoms with van der Waals surface area (Å²) in [7, 11) is 0. The van der Waals surface area contributed by atoms with E-state index in [9.17, 15) is 9.59 Å². The number of hydrogen-bond donors (Lipinski definition) is 0. The summed E-state index contributed by atoms with van der Waals surface area (Å²) in [6.07, 6.45) is 0. The van der Waals surface area contributed by atoms with Crippen molar-refractivity contribution < 1.29 is 23.1 Å². The van der Waals surface area contributed by atoms with Gasteiger partial charge in [-0.2, -0.15) is 0 Å². The summed E-state index contributed by atoms with van der Waals surface area (Å²) < 4.78 is 22.5. The Bertz CT molecular complexity index is 1590. The lowest BCUT2D eigenvalue weighted by Crippen LogP contribution is -2.02. The summed E-state index contributed by atoms with van der Waals surface area (Å²) in [6, 6.07) is 19.6. The monoisotopic (exact) mass is 424 g/mol. The van der Waals surface area contributed by atoms with Gasteiger partial charge in [-0.15, -0.1) is 0 Å². The Morgan fingerprint density at radius 3 is 2.53 bits per heavy atom. The van der Waals surface area contributed by atoms with E-state index in [1.807, 2.05) is 43.3 Å². The van der Waals surface area contributed by atoms with E-state index in [4.69, 9.17) is 18.3 Å². The number of rotatable bonds is 3. The highest BCUT2D eigenvalue weighted by molar-refractivity contribution is 6.20. The fraction of sp³-hybridized carbons (Fsp3) is 0.0769. The molecule has 0 aliphatic carbocycles. The Kier molecular flexibility index (Phi) is 3.95. The van der Waals surface area contributed by atoms with Gasteiger partial charge in [0.25, 0.3) is 0 Å². The Morgan fingerprint density at radius 2 is 1.69 bits per heavy atom. The van der Waals surface area contributed by atoms with Gasteiger partial charge in [0.1, 0.15) is 11.2 Å². The second-order valence-corrected chi connectivity index (χ2v) is 7.63. The van der Waals surface area contributed by atoms with Crippen molar-refractivity contribution in [2.24, 2.45) is 0 Å². The average Bonchev–Trinajstić information content (AvgIpc) is 3.43. The maximum Gasteiger partial charge on any atom is 0.336 e. The quantitative estimate of drug-likeness (QED) is 0.282. The second kappa shape index (κ2) is 6.85. The molecular formula is C26H16O6. The first-order valence-corrected chi connectivity index (χ1v) is 10.1. The van der Waals surface area contributed by atoms with Crippen molar-refractivity contribution in [3.05, 3.63) is 94.0 Å². The number of fused-ring (bicyclic) bond motifs is 4. The van der Waals surface area contributed by atoms with Gasteiger partial charge in [0.2, 0.25) is 12.6 Å². The first kappa shape index (κ1) is 18.4. The highest BCUT2D eigenvalue weighted by Gasteiger charge is 2.27. The minimum atomic E-state index is -0.452.